The number of hydrogen-bond acceptors (Lipinski definition) is 5. The molecule has 0 heterocycles. The molecule has 2 aromatic rings. The Balaban J connectivity index is 1.93. The topological polar surface area (TPSA) is 78.6 Å². The summed E-state index contributed by atoms with van der Waals surface area (Å²) in [7, 11) is 0. The second-order valence-corrected chi connectivity index (χ2v) is 6.76. The summed E-state index contributed by atoms with van der Waals surface area (Å²) in [6, 6.07) is 16.8. The molecule has 0 unspecified atom stereocenters. The van der Waals surface area contributed by atoms with Gasteiger partial charge in [-0.2, -0.15) is 0 Å². The number of carbonyl (C=O) groups is 2. The molecule has 2 N–H and O–H groups in total. The van der Waals surface area contributed by atoms with Crippen LogP contribution in [0.4, 0.5) is 4.79 Å². The highest BCUT2D eigenvalue weighted by Crippen LogP contribution is 2.19. The Hall–Kier alpha value is -2.66. The fourth-order valence-corrected chi connectivity index (χ4v) is 2.23. The molecule has 0 radical (unpaired) electrons. The summed E-state index contributed by atoms with van der Waals surface area (Å²) in [5, 5.41) is 0. The Kier molecular flexibility index (Phi) is 5.93. The fourth-order valence-electron chi connectivity index (χ4n) is 2.23. The van der Waals surface area contributed by atoms with Gasteiger partial charge >= 0.3 is 12.1 Å². The number of hydrogen-bond donors (Lipinski definition) is 1. The maximum absolute atomic E-state index is 11.9. The van der Waals surface area contributed by atoms with E-state index >= 15 is 0 Å². The lowest BCUT2D eigenvalue weighted by molar-refractivity contribution is -0.142. The number of rotatable bonds is 4. The van der Waals surface area contributed by atoms with Crippen LogP contribution >= 0.6 is 0 Å². The minimum Gasteiger partial charge on any atom is -0.428 e. The van der Waals surface area contributed by atoms with E-state index in [1.54, 1.807) is 20.8 Å². The summed E-state index contributed by atoms with van der Waals surface area (Å²) in [5.74, 6) is -0.804. The van der Waals surface area contributed by atoms with E-state index < -0.39 is 23.8 Å². The molecule has 2 rings (SSSR count). The Morgan fingerprint density at radius 3 is 2.08 bits per heavy atom. The van der Waals surface area contributed by atoms with Crippen LogP contribution < -0.4 is 5.73 Å². The molecule has 5 nitrogen and oxygen atoms in total. The van der Waals surface area contributed by atoms with Crippen LogP contribution in [0.15, 0.2) is 54.6 Å². The van der Waals surface area contributed by atoms with Crippen molar-refractivity contribution in [3.63, 3.8) is 0 Å². The van der Waals surface area contributed by atoms with Crippen molar-refractivity contribution in [1.29, 1.82) is 0 Å². The Bertz CT molecular complexity index is 718. The van der Waals surface area contributed by atoms with Crippen molar-refractivity contribution in [2.24, 2.45) is 5.73 Å². The summed E-state index contributed by atoms with van der Waals surface area (Å²) in [4.78, 5) is 23.4. The van der Waals surface area contributed by atoms with Gasteiger partial charge in [0.15, 0.2) is 0 Å². The fraction of sp³-hybridized carbons (Fsp3) is 0.300. The number of carbonyl (C=O) groups excluding carboxylic acids is 2. The molecule has 0 aliphatic heterocycles. The van der Waals surface area contributed by atoms with Crippen molar-refractivity contribution < 1.29 is 19.1 Å². The summed E-state index contributed by atoms with van der Waals surface area (Å²) in [5.41, 5.74) is 8.18. The van der Waals surface area contributed by atoms with E-state index in [-0.39, 0.29) is 6.42 Å². The lowest BCUT2D eigenvalue weighted by Gasteiger charge is -2.19. The van der Waals surface area contributed by atoms with E-state index in [0.717, 1.165) is 16.7 Å². The molecule has 0 bridgehead atoms. The molecule has 0 saturated carbocycles. The zero-order chi connectivity index (χ0) is 18.4. The van der Waals surface area contributed by atoms with Crippen LogP contribution in [-0.4, -0.2) is 23.8 Å². The molecular weight excluding hydrogens is 318 g/mol. The van der Waals surface area contributed by atoms with Gasteiger partial charge in [0, 0.05) is 0 Å². The van der Waals surface area contributed by atoms with Crippen molar-refractivity contribution >= 4 is 12.1 Å². The lowest BCUT2D eigenvalue weighted by Crippen LogP contribution is -2.37. The summed E-state index contributed by atoms with van der Waals surface area (Å²) >= 11 is 0. The first kappa shape index (κ1) is 18.7. The third-order valence-corrected chi connectivity index (χ3v) is 3.39. The highest BCUT2D eigenvalue weighted by atomic mass is 16.7. The Morgan fingerprint density at radius 1 is 0.960 bits per heavy atom. The van der Waals surface area contributed by atoms with E-state index in [2.05, 4.69) is 4.74 Å². The highest BCUT2D eigenvalue weighted by Gasteiger charge is 2.24. The maximum atomic E-state index is 11.9. The summed E-state index contributed by atoms with van der Waals surface area (Å²) in [6.45, 7) is 5.06. The molecule has 0 saturated heterocycles. The highest BCUT2D eigenvalue weighted by molar-refractivity contribution is 5.85. The van der Waals surface area contributed by atoms with Gasteiger partial charge in [0.2, 0.25) is 0 Å². The van der Waals surface area contributed by atoms with E-state index in [0.29, 0.717) is 0 Å². The van der Waals surface area contributed by atoms with Crippen LogP contribution in [0, 0.1) is 0 Å². The molecule has 0 aliphatic carbocycles. The quantitative estimate of drug-likeness (QED) is 0.677. The third-order valence-electron chi connectivity index (χ3n) is 3.39. The van der Waals surface area contributed by atoms with Gasteiger partial charge in [-0.3, -0.25) is 0 Å². The Morgan fingerprint density at radius 2 is 1.52 bits per heavy atom. The van der Waals surface area contributed by atoms with Gasteiger partial charge in [-0.1, -0.05) is 54.6 Å². The summed E-state index contributed by atoms with van der Waals surface area (Å²) < 4.78 is 9.56. The van der Waals surface area contributed by atoms with Gasteiger partial charge in [-0.15, -0.1) is 0 Å². The molecule has 0 fully saturated rings. The second-order valence-electron chi connectivity index (χ2n) is 6.76. The van der Waals surface area contributed by atoms with E-state index in [1.165, 1.54) is 0 Å². The van der Waals surface area contributed by atoms with Crippen molar-refractivity contribution in [1.82, 2.24) is 0 Å². The van der Waals surface area contributed by atoms with E-state index in [4.69, 9.17) is 10.5 Å². The first-order chi connectivity index (χ1) is 11.7. The van der Waals surface area contributed by atoms with Crippen molar-refractivity contribution in [3.05, 3.63) is 60.2 Å². The van der Waals surface area contributed by atoms with Crippen LogP contribution in [0.3, 0.4) is 0 Å². The van der Waals surface area contributed by atoms with E-state index in [1.807, 2.05) is 54.6 Å². The Labute approximate surface area is 147 Å². The van der Waals surface area contributed by atoms with Gasteiger partial charge in [-0.25, -0.2) is 9.59 Å². The zero-order valence-corrected chi connectivity index (χ0v) is 14.7. The predicted octanol–water partition coefficient (Wildman–Crippen LogP) is 3.70. The molecule has 0 aromatic heterocycles. The van der Waals surface area contributed by atoms with Gasteiger partial charge in [0.05, 0.1) is 0 Å². The van der Waals surface area contributed by atoms with Crippen LogP contribution in [-0.2, 0) is 20.7 Å². The van der Waals surface area contributed by atoms with Crippen molar-refractivity contribution in [3.8, 4) is 11.1 Å². The average molecular weight is 341 g/mol. The van der Waals surface area contributed by atoms with Crippen LogP contribution in [0.5, 0.6) is 0 Å². The number of ether oxygens (including phenoxy) is 2. The first-order valence-electron chi connectivity index (χ1n) is 8.09. The number of esters is 1. The molecule has 0 spiro atoms. The van der Waals surface area contributed by atoms with Crippen LogP contribution in [0.25, 0.3) is 11.1 Å². The molecule has 1 atom stereocenters. The molecule has 132 valence electrons. The monoisotopic (exact) mass is 341 g/mol. The summed E-state index contributed by atoms with van der Waals surface area (Å²) in [6.07, 6.45) is -0.760. The third kappa shape index (κ3) is 6.04. The lowest BCUT2D eigenvalue weighted by atomic mass is 10.0. The van der Waals surface area contributed by atoms with Gasteiger partial charge < -0.3 is 15.2 Å². The molecule has 0 aliphatic rings. The SMILES string of the molecule is CC(C)(C)OC(=O)OC(=O)[C@@H](N)Cc1ccc(-c2ccccc2)cc1. The number of benzene rings is 2. The van der Waals surface area contributed by atoms with E-state index in [9.17, 15) is 9.59 Å². The molecule has 5 heteroatoms. The van der Waals surface area contributed by atoms with Crippen molar-refractivity contribution in [2.75, 3.05) is 0 Å². The normalized spacial score (nSPS) is 12.3. The number of nitrogens with two attached hydrogens (primary N) is 1. The van der Waals surface area contributed by atoms with Crippen LogP contribution in [0.2, 0.25) is 0 Å². The van der Waals surface area contributed by atoms with Gasteiger partial charge in [0.25, 0.3) is 0 Å². The maximum Gasteiger partial charge on any atom is 0.516 e. The minimum atomic E-state index is -1.03. The average Bonchev–Trinajstić information content (AvgIpc) is 2.54. The molecule has 2 aromatic carbocycles. The molecular formula is C20H23NO4. The zero-order valence-electron chi connectivity index (χ0n) is 14.7. The largest absolute Gasteiger partial charge is 0.516 e. The molecule has 0 amide bonds. The van der Waals surface area contributed by atoms with Crippen LogP contribution in [0.1, 0.15) is 26.3 Å². The molecule has 25 heavy (non-hydrogen) atoms. The second kappa shape index (κ2) is 7.94. The van der Waals surface area contributed by atoms with Gasteiger partial charge in [-0.05, 0) is 43.9 Å². The minimum absolute atomic E-state index is 0.275. The van der Waals surface area contributed by atoms with Gasteiger partial charge in [0.1, 0.15) is 11.6 Å². The smallest absolute Gasteiger partial charge is 0.428 e. The van der Waals surface area contributed by atoms with Crippen molar-refractivity contribution in [2.45, 2.75) is 38.8 Å². The first-order valence-corrected chi connectivity index (χ1v) is 8.09. The predicted molar refractivity (Wildman–Crippen MR) is 95.9 cm³/mol. The standard InChI is InChI=1S/C20H23NO4/c1-20(2,3)25-19(23)24-18(22)17(21)13-14-9-11-16(12-10-14)15-7-5-4-6-8-15/h4-12,17H,13,21H2,1-3H3/t17-/m0/s1.